The second kappa shape index (κ2) is 9.20. The van der Waals surface area contributed by atoms with Crippen LogP contribution in [0, 0.1) is 0 Å². The number of aryl methyl sites for hydroxylation is 1. The Balaban J connectivity index is 1.77. The molecule has 1 aromatic heterocycles. The van der Waals surface area contributed by atoms with Crippen molar-refractivity contribution >= 4 is 9.84 Å². The van der Waals surface area contributed by atoms with E-state index >= 15 is 0 Å². The van der Waals surface area contributed by atoms with E-state index in [0.29, 0.717) is 23.5 Å². The maximum Gasteiger partial charge on any atom is 0.175 e. The number of benzene rings is 2. The lowest BCUT2D eigenvalue weighted by atomic mass is 10.1. The Morgan fingerprint density at radius 2 is 1.83 bits per heavy atom. The van der Waals surface area contributed by atoms with Crippen molar-refractivity contribution in [2.24, 2.45) is 0 Å². The second-order valence-corrected chi connectivity index (χ2v) is 9.03. The van der Waals surface area contributed by atoms with Crippen molar-refractivity contribution in [3.8, 4) is 22.6 Å². The third-order valence-corrected chi connectivity index (χ3v) is 5.86. The molecule has 3 rings (SSSR count). The number of hydrogen-bond donors (Lipinski definition) is 1. The number of ether oxygens (including phenoxy) is 1. The molecule has 3 aromatic rings. The largest absolute Gasteiger partial charge is 0.457 e. The van der Waals surface area contributed by atoms with E-state index < -0.39 is 9.84 Å². The average Bonchev–Trinajstić information content (AvgIpc) is 2.73. The second-order valence-electron chi connectivity index (χ2n) is 7.01. The smallest absolute Gasteiger partial charge is 0.175 e. The van der Waals surface area contributed by atoms with Gasteiger partial charge in [0, 0.05) is 24.2 Å². The van der Waals surface area contributed by atoms with Crippen LogP contribution in [0.2, 0.25) is 0 Å². The summed E-state index contributed by atoms with van der Waals surface area (Å²) in [5.41, 5.74) is 2.69. The number of nitrogens with zero attached hydrogens (tertiary/aromatic N) is 1. The SMILES string of the molecule is CCC(O)CCc1cnccc1Oc1ccc(-c2cccc(S(C)(=O)=O)c2)cc1. The van der Waals surface area contributed by atoms with E-state index in [4.69, 9.17) is 4.74 Å². The summed E-state index contributed by atoms with van der Waals surface area (Å²) in [6, 6.07) is 16.2. The summed E-state index contributed by atoms with van der Waals surface area (Å²) >= 11 is 0. The molecule has 5 nitrogen and oxygen atoms in total. The first-order valence-electron chi connectivity index (χ1n) is 9.56. The molecule has 0 aliphatic carbocycles. The number of sulfone groups is 1. The lowest BCUT2D eigenvalue weighted by Crippen LogP contribution is -2.06. The number of aliphatic hydroxyl groups is 1. The summed E-state index contributed by atoms with van der Waals surface area (Å²) in [4.78, 5) is 4.46. The Kier molecular flexibility index (Phi) is 6.67. The zero-order valence-electron chi connectivity index (χ0n) is 16.6. The minimum atomic E-state index is -3.25. The highest BCUT2D eigenvalue weighted by Crippen LogP contribution is 2.29. The quantitative estimate of drug-likeness (QED) is 0.584. The van der Waals surface area contributed by atoms with E-state index in [1.165, 1.54) is 6.26 Å². The normalized spacial score (nSPS) is 12.5. The molecule has 1 atom stereocenters. The predicted octanol–water partition coefficient (Wildman–Crippen LogP) is 4.65. The minimum Gasteiger partial charge on any atom is -0.457 e. The molecule has 152 valence electrons. The molecule has 0 fully saturated rings. The van der Waals surface area contributed by atoms with Crippen LogP contribution in [0.25, 0.3) is 11.1 Å². The van der Waals surface area contributed by atoms with Gasteiger partial charge in [-0.1, -0.05) is 31.2 Å². The first kappa shape index (κ1) is 21.0. The van der Waals surface area contributed by atoms with E-state index in [1.54, 1.807) is 30.6 Å². The van der Waals surface area contributed by atoms with Gasteiger partial charge in [-0.05, 0) is 60.7 Å². The number of hydrogen-bond acceptors (Lipinski definition) is 5. The van der Waals surface area contributed by atoms with Gasteiger partial charge in [0.1, 0.15) is 11.5 Å². The molecule has 6 heteroatoms. The summed E-state index contributed by atoms with van der Waals surface area (Å²) in [5, 5.41) is 9.81. The van der Waals surface area contributed by atoms with Gasteiger partial charge in [0.25, 0.3) is 0 Å². The molecule has 0 amide bonds. The summed E-state index contributed by atoms with van der Waals surface area (Å²) in [7, 11) is -3.25. The van der Waals surface area contributed by atoms with Gasteiger partial charge in [-0.3, -0.25) is 4.98 Å². The lowest BCUT2D eigenvalue weighted by molar-refractivity contribution is 0.160. The molecule has 0 bridgehead atoms. The molecular weight excluding hydrogens is 386 g/mol. The molecule has 0 spiro atoms. The molecule has 0 radical (unpaired) electrons. The average molecular weight is 412 g/mol. The molecule has 0 aliphatic rings. The van der Waals surface area contributed by atoms with E-state index in [9.17, 15) is 13.5 Å². The van der Waals surface area contributed by atoms with E-state index in [0.717, 1.165) is 28.9 Å². The van der Waals surface area contributed by atoms with Crippen LogP contribution in [0.3, 0.4) is 0 Å². The summed E-state index contributed by atoms with van der Waals surface area (Å²) in [6.45, 7) is 1.96. The summed E-state index contributed by atoms with van der Waals surface area (Å²) in [6.07, 6.45) is 6.39. The van der Waals surface area contributed by atoms with E-state index in [-0.39, 0.29) is 6.10 Å². The molecular formula is C23H25NO4S. The highest BCUT2D eigenvalue weighted by Gasteiger charge is 2.10. The van der Waals surface area contributed by atoms with Crippen molar-refractivity contribution < 1.29 is 18.3 Å². The summed E-state index contributed by atoms with van der Waals surface area (Å²) < 4.78 is 29.6. The molecule has 0 aliphatic heterocycles. The third kappa shape index (κ3) is 5.65. The van der Waals surface area contributed by atoms with Gasteiger partial charge in [-0.2, -0.15) is 0 Å². The number of rotatable bonds is 8. The van der Waals surface area contributed by atoms with Crippen LogP contribution in [-0.2, 0) is 16.3 Å². The van der Waals surface area contributed by atoms with Crippen LogP contribution >= 0.6 is 0 Å². The Morgan fingerprint density at radius 3 is 2.52 bits per heavy atom. The van der Waals surface area contributed by atoms with Crippen LogP contribution in [0.1, 0.15) is 25.3 Å². The fourth-order valence-corrected chi connectivity index (χ4v) is 3.64. The van der Waals surface area contributed by atoms with Gasteiger partial charge in [0.05, 0.1) is 11.0 Å². The van der Waals surface area contributed by atoms with Crippen molar-refractivity contribution in [2.75, 3.05) is 6.26 Å². The lowest BCUT2D eigenvalue weighted by Gasteiger charge is -2.13. The fourth-order valence-electron chi connectivity index (χ4n) is 2.98. The van der Waals surface area contributed by atoms with Crippen LogP contribution in [0.4, 0.5) is 0 Å². The van der Waals surface area contributed by atoms with E-state index in [2.05, 4.69) is 4.98 Å². The highest BCUT2D eigenvalue weighted by atomic mass is 32.2. The molecule has 2 aromatic carbocycles. The number of aromatic nitrogens is 1. The minimum absolute atomic E-state index is 0.297. The molecule has 1 N–H and O–H groups in total. The van der Waals surface area contributed by atoms with Gasteiger partial charge >= 0.3 is 0 Å². The van der Waals surface area contributed by atoms with Gasteiger partial charge in [-0.25, -0.2) is 8.42 Å². The van der Waals surface area contributed by atoms with Crippen LogP contribution in [0.5, 0.6) is 11.5 Å². The van der Waals surface area contributed by atoms with Crippen molar-refractivity contribution in [1.82, 2.24) is 4.98 Å². The van der Waals surface area contributed by atoms with Gasteiger partial charge < -0.3 is 9.84 Å². The molecule has 0 saturated heterocycles. The standard InChI is InChI=1S/C23H25NO4S/c1-3-20(25)10-7-19-16-24-14-13-23(19)28-21-11-8-17(9-12-21)18-5-4-6-22(15-18)29(2,26)27/h4-6,8-9,11-16,20,25H,3,7,10H2,1-2H3. The Labute approximate surface area is 171 Å². The van der Waals surface area contributed by atoms with Gasteiger partial charge in [0.2, 0.25) is 0 Å². The fraction of sp³-hybridized carbons (Fsp3) is 0.261. The monoisotopic (exact) mass is 411 g/mol. The summed E-state index contributed by atoms with van der Waals surface area (Å²) in [5.74, 6) is 1.40. The van der Waals surface area contributed by atoms with Gasteiger partial charge in [0.15, 0.2) is 9.84 Å². The van der Waals surface area contributed by atoms with Crippen molar-refractivity contribution in [2.45, 2.75) is 37.2 Å². The topological polar surface area (TPSA) is 76.5 Å². The zero-order valence-corrected chi connectivity index (χ0v) is 17.4. The van der Waals surface area contributed by atoms with Crippen molar-refractivity contribution in [3.63, 3.8) is 0 Å². The van der Waals surface area contributed by atoms with Crippen LogP contribution in [0.15, 0.2) is 71.9 Å². The van der Waals surface area contributed by atoms with E-state index in [1.807, 2.05) is 43.3 Å². The molecule has 1 heterocycles. The molecule has 0 saturated carbocycles. The van der Waals surface area contributed by atoms with Crippen LogP contribution in [-0.4, -0.2) is 30.9 Å². The molecule has 1 unspecified atom stereocenters. The third-order valence-electron chi connectivity index (χ3n) is 4.75. The number of pyridine rings is 1. The Hall–Kier alpha value is -2.70. The highest BCUT2D eigenvalue weighted by molar-refractivity contribution is 7.90. The van der Waals surface area contributed by atoms with Crippen molar-refractivity contribution in [1.29, 1.82) is 0 Å². The van der Waals surface area contributed by atoms with Crippen LogP contribution < -0.4 is 4.74 Å². The Morgan fingerprint density at radius 1 is 1.07 bits per heavy atom. The first-order valence-corrected chi connectivity index (χ1v) is 11.5. The maximum atomic E-state index is 11.8. The maximum absolute atomic E-state index is 11.8. The van der Waals surface area contributed by atoms with Crippen molar-refractivity contribution in [3.05, 3.63) is 72.6 Å². The van der Waals surface area contributed by atoms with Gasteiger partial charge in [-0.15, -0.1) is 0 Å². The molecule has 29 heavy (non-hydrogen) atoms. The first-order chi connectivity index (χ1) is 13.9. The zero-order chi connectivity index (χ0) is 20.9. The number of aliphatic hydroxyl groups excluding tert-OH is 1. The Bertz CT molecular complexity index is 1060. The predicted molar refractivity (Wildman–Crippen MR) is 114 cm³/mol.